The molecule has 0 fully saturated rings. The maximum Gasteiger partial charge on any atom is 0.129 e. The topological polar surface area (TPSA) is 38.9 Å². The maximum absolute atomic E-state index is 5.79. The highest BCUT2D eigenvalue weighted by Crippen LogP contribution is 2.22. The fraction of sp³-hybridized carbons (Fsp3) is 0.286. The highest BCUT2D eigenvalue weighted by atomic mass is 35.5. The molecule has 0 aliphatic rings. The maximum atomic E-state index is 5.79. The van der Waals surface area contributed by atoms with E-state index in [0.29, 0.717) is 10.2 Å². The number of nitrogens with zero attached hydrogens (tertiary/aromatic N) is 1. The average Bonchev–Trinajstić information content (AvgIpc) is 1.94. The van der Waals surface area contributed by atoms with Gasteiger partial charge in [-0.15, -0.1) is 0 Å². The molecule has 0 saturated heterocycles. The number of hydrogen-bond donors (Lipinski definition) is 1. The lowest BCUT2D eigenvalue weighted by Crippen LogP contribution is -2.05. The normalized spacial score (nSPS) is 13.1. The van der Waals surface area contributed by atoms with Crippen LogP contribution in [0.3, 0.4) is 0 Å². The Balaban J connectivity index is 3.13. The summed E-state index contributed by atoms with van der Waals surface area (Å²) in [5.74, 6) is 0. The molecule has 1 aromatic heterocycles. The van der Waals surface area contributed by atoms with E-state index in [2.05, 4.69) is 4.98 Å². The molecule has 1 aromatic rings. The van der Waals surface area contributed by atoms with Crippen molar-refractivity contribution in [2.45, 2.75) is 13.0 Å². The van der Waals surface area contributed by atoms with Crippen LogP contribution >= 0.6 is 23.2 Å². The van der Waals surface area contributed by atoms with Crippen molar-refractivity contribution in [3.05, 3.63) is 28.0 Å². The third-order valence-corrected chi connectivity index (χ3v) is 1.86. The Morgan fingerprint density at radius 1 is 1.55 bits per heavy atom. The van der Waals surface area contributed by atoms with Crippen molar-refractivity contribution in [1.82, 2.24) is 4.98 Å². The Kier molecular flexibility index (Phi) is 2.71. The molecule has 0 spiro atoms. The second-order valence-corrected chi connectivity index (χ2v) is 3.11. The molecule has 2 N–H and O–H groups in total. The number of rotatable bonds is 1. The quantitative estimate of drug-likeness (QED) is 0.692. The second kappa shape index (κ2) is 3.39. The van der Waals surface area contributed by atoms with Crippen molar-refractivity contribution in [3.63, 3.8) is 0 Å². The van der Waals surface area contributed by atoms with E-state index in [0.717, 1.165) is 5.56 Å². The standard InChI is InChI=1S/C7H8Cl2N2/c1-4(10)5-2-7(9)11-3-6(5)8/h2-4H,10H2,1H3/t4-/m0/s1. The zero-order valence-corrected chi connectivity index (χ0v) is 7.52. The lowest BCUT2D eigenvalue weighted by Gasteiger charge is -2.06. The van der Waals surface area contributed by atoms with E-state index in [-0.39, 0.29) is 6.04 Å². The van der Waals surface area contributed by atoms with Crippen LogP contribution in [0.5, 0.6) is 0 Å². The lowest BCUT2D eigenvalue weighted by molar-refractivity contribution is 0.816. The minimum Gasteiger partial charge on any atom is -0.324 e. The minimum absolute atomic E-state index is 0.108. The minimum atomic E-state index is -0.108. The van der Waals surface area contributed by atoms with Crippen LogP contribution in [0.4, 0.5) is 0 Å². The molecule has 0 radical (unpaired) electrons. The average molecular weight is 191 g/mol. The zero-order chi connectivity index (χ0) is 8.43. The van der Waals surface area contributed by atoms with Gasteiger partial charge >= 0.3 is 0 Å². The molecular formula is C7H8Cl2N2. The molecule has 0 aliphatic heterocycles. The van der Waals surface area contributed by atoms with Crippen LogP contribution in [0.2, 0.25) is 10.2 Å². The molecule has 0 unspecified atom stereocenters. The van der Waals surface area contributed by atoms with E-state index in [9.17, 15) is 0 Å². The first-order valence-corrected chi connectivity index (χ1v) is 3.93. The third kappa shape index (κ3) is 2.06. The lowest BCUT2D eigenvalue weighted by atomic mass is 10.1. The summed E-state index contributed by atoms with van der Waals surface area (Å²) >= 11 is 11.4. The van der Waals surface area contributed by atoms with Gasteiger partial charge in [0, 0.05) is 12.2 Å². The van der Waals surface area contributed by atoms with E-state index in [1.54, 1.807) is 6.07 Å². The van der Waals surface area contributed by atoms with Gasteiger partial charge < -0.3 is 5.73 Å². The smallest absolute Gasteiger partial charge is 0.129 e. The van der Waals surface area contributed by atoms with E-state index in [1.807, 2.05) is 6.92 Å². The monoisotopic (exact) mass is 190 g/mol. The number of halogens is 2. The number of nitrogens with two attached hydrogens (primary N) is 1. The first-order valence-electron chi connectivity index (χ1n) is 3.18. The van der Waals surface area contributed by atoms with E-state index >= 15 is 0 Å². The van der Waals surface area contributed by atoms with Crippen LogP contribution in [0.25, 0.3) is 0 Å². The second-order valence-electron chi connectivity index (χ2n) is 2.32. The summed E-state index contributed by atoms with van der Waals surface area (Å²) in [6, 6.07) is 1.57. The Bertz CT molecular complexity index is 261. The van der Waals surface area contributed by atoms with Gasteiger partial charge in [0.1, 0.15) is 5.15 Å². The van der Waals surface area contributed by atoms with Gasteiger partial charge in [-0.25, -0.2) is 4.98 Å². The highest BCUT2D eigenvalue weighted by Gasteiger charge is 2.05. The number of pyridine rings is 1. The molecule has 0 saturated carbocycles. The summed E-state index contributed by atoms with van der Waals surface area (Å²) in [4.78, 5) is 3.80. The van der Waals surface area contributed by atoms with Crippen LogP contribution in [0.1, 0.15) is 18.5 Å². The molecule has 1 heterocycles. The van der Waals surface area contributed by atoms with Gasteiger partial charge in [-0.1, -0.05) is 23.2 Å². The summed E-state index contributed by atoms with van der Waals surface area (Å²) in [6.45, 7) is 1.84. The molecule has 0 bridgehead atoms. The summed E-state index contributed by atoms with van der Waals surface area (Å²) in [6.07, 6.45) is 1.50. The fourth-order valence-corrected chi connectivity index (χ4v) is 1.22. The fourth-order valence-electron chi connectivity index (χ4n) is 0.776. The van der Waals surface area contributed by atoms with Crippen LogP contribution in [0.15, 0.2) is 12.3 Å². The SMILES string of the molecule is C[C@H](N)c1cc(Cl)ncc1Cl. The molecular weight excluding hydrogens is 183 g/mol. The van der Waals surface area contributed by atoms with E-state index in [1.165, 1.54) is 6.20 Å². The van der Waals surface area contributed by atoms with Gasteiger partial charge in [0.25, 0.3) is 0 Å². The molecule has 0 amide bonds. The van der Waals surface area contributed by atoms with E-state index in [4.69, 9.17) is 28.9 Å². The molecule has 11 heavy (non-hydrogen) atoms. The van der Waals surface area contributed by atoms with Gasteiger partial charge in [0.15, 0.2) is 0 Å². The van der Waals surface area contributed by atoms with Crippen molar-refractivity contribution >= 4 is 23.2 Å². The number of aromatic nitrogens is 1. The van der Waals surface area contributed by atoms with Gasteiger partial charge in [-0.3, -0.25) is 0 Å². The molecule has 0 aliphatic carbocycles. The first kappa shape index (κ1) is 8.78. The molecule has 1 atom stereocenters. The Hall–Kier alpha value is -0.310. The number of hydrogen-bond acceptors (Lipinski definition) is 2. The molecule has 1 rings (SSSR count). The summed E-state index contributed by atoms with van der Waals surface area (Å²) in [5, 5.41) is 0.978. The largest absolute Gasteiger partial charge is 0.324 e. The first-order chi connectivity index (χ1) is 5.11. The van der Waals surface area contributed by atoms with Crippen LogP contribution < -0.4 is 5.73 Å². The van der Waals surface area contributed by atoms with Crippen LogP contribution in [-0.4, -0.2) is 4.98 Å². The van der Waals surface area contributed by atoms with Crippen LogP contribution in [0, 0.1) is 0 Å². The molecule has 2 nitrogen and oxygen atoms in total. The molecule has 4 heteroatoms. The molecule has 0 aromatic carbocycles. The van der Waals surface area contributed by atoms with Gasteiger partial charge in [-0.2, -0.15) is 0 Å². The predicted octanol–water partition coefficient (Wildman–Crippen LogP) is 2.41. The molecule has 60 valence electrons. The Morgan fingerprint density at radius 2 is 2.18 bits per heavy atom. The summed E-state index contributed by atoms with van der Waals surface area (Å²) in [7, 11) is 0. The Morgan fingerprint density at radius 3 is 2.64 bits per heavy atom. The third-order valence-electron chi connectivity index (χ3n) is 1.34. The van der Waals surface area contributed by atoms with E-state index < -0.39 is 0 Å². The van der Waals surface area contributed by atoms with Crippen molar-refractivity contribution in [2.75, 3.05) is 0 Å². The Labute approximate surface area is 75.3 Å². The summed E-state index contributed by atoms with van der Waals surface area (Å²) < 4.78 is 0. The zero-order valence-electron chi connectivity index (χ0n) is 6.01. The van der Waals surface area contributed by atoms with Gasteiger partial charge in [0.05, 0.1) is 5.02 Å². The summed E-state index contributed by atoms with van der Waals surface area (Å²) in [5.41, 5.74) is 6.44. The van der Waals surface area contributed by atoms with Crippen LogP contribution in [-0.2, 0) is 0 Å². The van der Waals surface area contributed by atoms with Crippen molar-refractivity contribution in [3.8, 4) is 0 Å². The van der Waals surface area contributed by atoms with Crippen molar-refractivity contribution < 1.29 is 0 Å². The van der Waals surface area contributed by atoms with Gasteiger partial charge in [-0.05, 0) is 18.6 Å². The highest BCUT2D eigenvalue weighted by molar-refractivity contribution is 6.32. The van der Waals surface area contributed by atoms with Gasteiger partial charge in [0.2, 0.25) is 0 Å². The van der Waals surface area contributed by atoms with Crippen molar-refractivity contribution in [2.24, 2.45) is 5.73 Å². The predicted molar refractivity (Wildman–Crippen MR) is 46.9 cm³/mol. The van der Waals surface area contributed by atoms with Crippen molar-refractivity contribution in [1.29, 1.82) is 0 Å².